The third-order valence-electron chi connectivity index (χ3n) is 6.03. The predicted molar refractivity (Wildman–Crippen MR) is 133 cm³/mol. The monoisotopic (exact) mass is 523 g/mol. The Kier molecular flexibility index (Phi) is 7.54. The second-order valence-corrected chi connectivity index (χ2v) is 8.87. The number of halogens is 1. The number of amides is 2. The number of hydrogen-bond donors (Lipinski definition) is 1. The lowest BCUT2D eigenvalue weighted by molar-refractivity contribution is -0.119. The van der Waals surface area contributed by atoms with Crippen LogP contribution in [0.1, 0.15) is 19.0 Å². The van der Waals surface area contributed by atoms with Crippen molar-refractivity contribution in [1.82, 2.24) is 25.3 Å². The van der Waals surface area contributed by atoms with E-state index in [9.17, 15) is 9.59 Å². The highest BCUT2D eigenvalue weighted by Crippen LogP contribution is 2.29. The number of carbonyl (C=O) groups is 2. The van der Waals surface area contributed by atoms with E-state index < -0.39 is 18.0 Å². The van der Waals surface area contributed by atoms with Crippen molar-refractivity contribution < 1.29 is 28.3 Å². The van der Waals surface area contributed by atoms with Gasteiger partial charge in [-0.05, 0) is 24.3 Å². The van der Waals surface area contributed by atoms with Crippen LogP contribution in [0.3, 0.4) is 0 Å². The maximum absolute atomic E-state index is 15.1. The van der Waals surface area contributed by atoms with Gasteiger partial charge in [-0.25, -0.2) is 13.9 Å². The summed E-state index contributed by atoms with van der Waals surface area (Å²) in [4.78, 5) is 34.5. The highest BCUT2D eigenvalue weighted by Gasteiger charge is 2.33. The van der Waals surface area contributed by atoms with E-state index in [1.54, 1.807) is 47.5 Å². The molecule has 1 aromatic carbocycles. The molecule has 2 aliphatic heterocycles. The molecule has 1 N–H and O–H groups in total. The van der Waals surface area contributed by atoms with Gasteiger partial charge in [0, 0.05) is 43.4 Å². The summed E-state index contributed by atoms with van der Waals surface area (Å²) in [6.07, 6.45) is 4.14. The molecule has 1 fully saturated rings. The number of cyclic esters (lactones) is 1. The van der Waals surface area contributed by atoms with E-state index >= 15 is 4.39 Å². The summed E-state index contributed by atoms with van der Waals surface area (Å²) in [5, 5.41) is 14.4. The molecule has 1 saturated heterocycles. The second kappa shape index (κ2) is 11.3. The number of nitrogens with zero attached hydrogens (tertiary/aromatic N) is 6. The second-order valence-electron chi connectivity index (χ2n) is 8.87. The Labute approximate surface area is 217 Å². The summed E-state index contributed by atoms with van der Waals surface area (Å²) in [6, 6.07) is 8.13. The topological polar surface area (TPSA) is 133 Å². The van der Waals surface area contributed by atoms with Crippen LogP contribution in [-0.4, -0.2) is 76.2 Å². The fourth-order valence-corrected chi connectivity index (χ4v) is 4.18. The van der Waals surface area contributed by atoms with Gasteiger partial charge in [-0.1, -0.05) is 16.4 Å². The number of hydrogen-bond acceptors (Lipinski definition) is 9. The minimum Gasteiger partial charge on any atom is -0.442 e. The molecule has 0 bridgehead atoms. The molecule has 5 rings (SSSR count). The van der Waals surface area contributed by atoms with Crippen molar-refractivity contribution in [3.05, 3.63) is 60.4 Å². The van der Waals surface area contributed by atoms with Crippen LogP contribution < -0.4 is 10.2 Å². The van der Waals surface area contributed by atoms with E-state index in [4.69, 9.17) is 14.3 Å². The summed E-state index contributed by atoms with van der Waals surface area (Å²) in [5.41, 5.74) is 2.66. The molecular weight excluding hydrogens is 497 g/mol. The predicted octanol–water partition coefficient (Wildman–Crippen LogP) is 2.15. The number of anilines is 1. The first-order valence-electron chi connectivity index (χ1n) is 12.1. The summed E-state index contributed by atoms with van der Waals surface area (Å²) in [7, 11) is 0. The minimum absolute atomic E-state index is 0.105. The van der Waals surface area contributed by atoms with Gasteiger partial charge in [0.05, 0.1) is 43.9 Å². The third-order valence-corrected chi connectivity index (χ3v) is 6.03. The maximum Gasteiger partial charge on any atom is 0.414 e. The Morgan fingerprint density at radius 1 is 1.26 bits per heavy atom. The summed E-state index contributed by atoms with van der Waals surface area (Å²) in [5.74, 6) is -0.589. The summed E-state index contributed by atoms with van der Waals surface area (Å²) < 4.78 is 27.6. The van der Waals surface area contributed by atoms with Crippen LogP contribution in [0.5, 0.6) is 0 Å². The molecule has 2 aromatic heterocycles. The van der Waals surface area contributed by atoms with E-state index in [1.165, 1.54) is 17.9 Å². The third kappa shape index (κ3) is 5.94. The first kappa shape index (κ1) is 25.3. The molecule has 0 spiro atoms. The molecule has 38 heavy (non-hydrogen) atoms. The van der Waals surface area contributed by atoms with Gasteiger partial charge in [0.1, 0.15) is 17.6 Å². The van der Waals surface area contributed by atoms with Gasteiger partial charge in [-0.3, -0.25) is 14.7 Å². The number of carbonyl (C=O) groups excluding carboxylic acids is 2. The molecule has 3 aromatic rings. The fraction of sp³-hybridized carbons (Fsp3) is 0.360. The number of ether oxygens (including phenoxy) is 2. The molecule has 2 unspecified atom stereocenters. The van der Waals surface area contributed by atoms with Gasteiger partial charge < -0.3 is 19.6 Å². The van der Waals surface area contributed by atoms with Gasteiger partial charge in [0.25, 0.3) is 0 Å². The molecule has 2 amide bonds. The number of rotatable bonds is 10. The Bertz CT molecular complexity index is 1320. The molecule has 4 heterocycles. The lowest BCUT2D eigenvalue weighted by Gasteiger charge is -2.14. The number of nitrogens with one attached hydrogen (secondary N) is 1. The average Bonchev–Trinajstić information content (AvgIpc) is 3.66. The quantitative estimate of drug-likeness (QED) is 0.400. The summed E-state index contributed by atoms with van der Waals surface area (Å²) in [6.45, 7) is 3.25. The van der Waals surface area contributed by atoms with Gasteiger partial charge in [-0.15, -0.1) is 5.10 Å². The van der Waals surface area contributed by atoms with Crippen molar-refractivity contribution in [1.29, 1.82) is 0 Å². The van der Waals surface area contributed by atoms with Crippen LogP contribution in [0.4, 0.5) is 14.9 Å². The Balaban J connectivity index is 1.16. The molecule has 2 aliphatic rings. The highest BCUT2D eigenvalue weighted by atomic mass is 19.1. The normalized spacial score (nSPS) is 18.7. The van der Waals surface area contributed by atoms with Gasteiger partial charge in [0.15, 0.2) is 6.10 Å². The maximum atomic E-state index is 15.1. The Hall–Kier alpha value is -4.39. The molecule has 0 saturated carbocycles. The Morgan fingerprint density at radius 2 is 2.16 bits per heavy atom. The fourth-order valence-electron chi connectivity index (χ4n) is 4.18. The van der Waals surface area contributed by atoms with Crippen molar-refractivity contribution in [3.63, 3.8) is 0 Å². The zero-order chi connectivity index (χ0) is 26.5. The van der Waals surface area contributed by atoms with E-state index in [2.05, 4.69) is 25.8 Å². The van der Waals surface area contributed by atoms with Crippen molar-refractivity contribution in [3.8, 4) is 11.1 Å². The number of pyridine rings is 1. The molecule has 2 atom stereocenters. The van der Waals surface area contributed by atoms with Gasteiger partial charge in [0.2, 0.25) is 5.91 Å². The van der Waals surface area contributed by atoms with Crippen molar-refractivity contribution in [2.24, 2.45) is 5.16 Å². The number of oxime groups is 1. The number of benzene rings is 1. The van der Waals surface area contributed by atoms with Gasteiger partial charge >= 0.3 is 6.09 Å². The number of aromatic nitrogens is 4. The van der Waals surface area contributed by atoms with Gasteiger partial charge in [-0.2, -0.15) is 0 Å². The van der Waals surface area contributed by atoms with Crippen molar-refractivity contribution in [2.45, 2.75) is 32.1 Å². The molecule has 12 nitrogen and oxygen atoms in total. The SMILES string of the molecule is CC(=O)NCCOCC1CC(c2ccc(-c3ccc(N4CC(Cn5ccnn5)OC4=O)cc3F)cn2)=NO1. The molecular formula is C25H26FN7O5. The lowest BCUT2D eigenvalue weighted by atomic mass is 10.0. The average molecular weight is 524 g/mol. The molecule has 13 heteroatoms. The first-order valence-corrected chi connectivity index (χ1v) is 12.1. The van der Waals surface area contributed by atoms with Crippen LogP contribution in [-0.2, 0) is 25.7 Å². The van der Waals surface area contributed by atoms with Crippen LogP contribution in [0.15, 0.2) is 54.1 Å². The summed E-state index contributed by atoms with van der Waals surface area (Å²) >= 11 is 0. The molecule has 0 radical (unpaired) electrons. The first-order chi connectivity index (χ1) is 18.5. The van der Waals surface area contributed by atoms with Crippen molar-refractivity contribution >= 4 is 23.4 Å². The van der Waals surface area contributed by atoms with E-state index in [0.29, 0.717) is 60.9 Å². The smallest absolute Gasteiger partial charge is 0.414 e. The molecule has 198 valence electrons. The lowest BCUT2D eigenvalue weighted by Crippen LogP contribution is -2.26. The van der Waals surface area contributed by atoms with Crippen LogP contribution in [0, 0.1) is 5.82 Å². The minimum atomic E-state index is -0.538. The zero-order valence-electron chi connectivity index (χ0n) is 20.6. The largest absolute Gasteiger partial charge is 0.442 e. The molecule has 0 aliphatic carbocycles. The van der Waals surface area contributed by atoms with Crippen LogP contribution in [0.25, 0.3) is 11.1 Å². The van der Waals surface area contributed by atoms with Crippen LogP contribution >= 0.6 is 0 Å². The highest BCUT2D eigenvalue weighted by molar-refractivity contribution is 5.99. The van der Waals surface area contributed by atoms with E-state index in [0.717, 1.165) is 0 Å². The van der Waals surface area contributed by atoms with E-state index in [-0.39, 0.29) is 18.6 Å². The Morgan fingerprint density at radius 3 is 2.89 bits per heavy atom. The standard InChI is InChI=1S/C25H26FN7O5/c1-16(34)27-7-9-36-15-19-11-24(30-38-19)23-5-2-17(12-28-23)21-4-3-18(10-22(21)26)33-14-20(37-25(33)35)13-32-8-6-29-31-32/h2-6,8,10,12,19-20H,7,9,11,13-15H2,1H3,(H,27,34). The zero-order valence-corrected chi connectivity index (χ0v) is 20.6. The van der Waals surface area contributed by atoms with E-state index in [1.807, 2.05) is 0 Å². The van der Waals surface area contributed by atoms with Crippen molar-refractivity contribution in [2.75, 3.05) is 31.2 Å². The van der Waals surface area contributed by atoms with Crippen LogP contribution in [0.2, 0.25) is 0 Å².